The molecular formula is C31H40N2O4. The van der Waals surface area contributed by atoms with E-state index in [1.807, 2.05) is 30.3 Å². The highest BCUT2D eigenvalue weighted by molar-refractivity contribution is 5.95. The van der Waals surface area contributed by atoms with Crippen LogP contribution in [0.1, 0.15) is 93.7 Å². The second-order valence-electron chi connectivity index (χ2n) is 12.5. The first kappa shape index (κ1) is 25.7. The van der Waals surface area contributed by atoms with Gasteiger partial charge in [-0.2, -0.15) is 0 Å². The van der Waals surface area contributed by atoms with E-state index in [-0.39, 0.29) is 18.6 Å². The third-order valence-electron chi connectivity index (χ3n) is 8.08. The van der Waals surface area contributed by atoms with Gasteiger partial charge in [-0.25, -0.2) is 9.69 Å². The second-order valence-corrected chi connectivity index (χ2v) is 12.5. The molecule has 37 heavy (non-hydrogen) atoms. The highest BCUT2D eigenvalue weighted by atomic mass is 16.6. The van der Waals surface area contributed by atoms with E-state index in [2.05, 4.69) is 32.5 Å². The quantitative estimate of drug-likeness (QED) is 0.333. The minimum Gasteiger partial charge on any atom is -0.447 e. The number of carbonyl (C=O) groups is 2. The van der Waals surface area contributed by atoms with Gasteiger partial charge in [-0.1, -0.05) is 62.3 Å². The summed E-state index contributed by atoms with van der Waals surface area (Å²) < 4.78 is 11.3. The summed E-state index contributed by atoms with van der Waals surface area (Å²) in [4.78, 5) is 27.7. The lowest BCUT2D eigenvalue weighted by molar-refractivity contribution is -0.133. The lowest BCUT2D eigenvalue weighted by atomic mass is 9.67. The van der Waals surface area contributed by atoms with Crippen molar-refractivity contribution in [2.45, 2.75) is 90.0 Å². The standard InChI is InChI=1S/C31H40N2O4/c1-5-9-23(29(34)33-25(19-36-30(33)35)16-20-10-7-6-8-11-20)17-26-27(22-12-13-22)28(37-32-26)24-14-21(15-24)18-31(2,3)4/h5-8,10-11,21-25H,1,9,12-19H2,2-4H3/t21?,23-,24?,25?/m0/s1. The van der Waals surface area contributed by atoms with Crippen LogP contribution in [0.3, 0.4) is 0 Å². The average Bonchev–Trinajstić information content (AvgIpc) is 3.49. The number of imide groups is 1. The van der Waals surface area contributed by atoms with Crippen LogP contribution in [0.4, 0.5) is 4.79 Å². The van der Waals surface area contributed by atoms with E-state index in [4.69, 9.17) is 9.26 Å². The van der Waals surface area contributed by atoms with Crippen molar-refractivity contribution in [3.8, 4) is 0 Å². The largest absolute Gasteiger partial charge is 0.447 e. The molecule has 2 amide bonds. The summed E-state index contributed by atoms with van der Waals surface area (Å²) in [6, 6.07) is 9.61. The summed E-state index contributed by atoms with van der Waals surface area (Å²) in [7, 11) is 0. The molecule has 6 heteroatoms. The molecule has 0 N–H and O–H groups in total. The molecular weight excluding hydrogens is 464 g/mol. The number of hydrogen-bond acceptors (Lipinski definition) is 5. The van der Waals surface area contributed by atoms with E-state index in [9.17, 15) is 9.59 Å². The summed E-state index contributed by atoms with van der Waals surface area (Å²) in [5, 5.41) is 4.52. The number of benzene rings is 1. The fourth-order valence-corrected chi connectivity index (χ4v) is 6.25. The minimum absolute atomic E-state index is 0.205. The van der Waals surface area contributed by atoms with E-state index in [0.29, 0.717) is 36.5 Å². The molecule has 2 aromatic rings. The van der Waals surface area contributed by atoms with E-state index in [0.717, 1.165) is 48.6 Å². The summed E-state index contributed by atoms with van der Waals surface area (Å²) in [6.45, 7) is 11.0. The SMILES string of the molecule is C=CC[C@@H](Cc1noc(C2CC(CC(C)(C)C)C2)c1C1CC1)C(=O)N1C(=O)OCC1Cc1ccccc1. The molecule has 6 nitrogen and oxygen atoms in total. The summed E-state index contributed by atoms with van der Waals surface area (Å²) in [6.07, 6.45) is 8.56. The summed E-state index contributed by atoms with van der Waals surface area (Å²) in [5.41, 5.74) is 3.55. The van der Waals surface area contributed by atoms with Crippen molar-refractivity contribution in [1.82, 2.24) is 10.1 Å². The Bertz CT molecular complexity index is 1120. The first-order valence-electron chi connectivity index (χ1n) is 13.9. The first-order chi connectivity index (χ1) is 17.7. The highest BCUT2D eigenvalue weighted by Crippen LogP contribution is 2.52. The molecule has 5 rings (SSSR count). The Morgan fingerprint density at radius 2 is 1.92 bits per heavy atom. The van der Waals surface area contributed by atoms with Gasteiger partial charge in [-0.15, -0.1) is 6.58 Å². The van der Waals surface area contributed by atoms with Gasteiger partial charge >= 0.3 is 6.09 Å². The van der Waals surface area contributed by atoms with Gasteiger partial charge in [0, 0.05) is 23.8 Å². The second kappa shape index (κ2) is 10.5. The monoisotopic (exact) mass is 504 g/mol. The third kappa shape index (κ3) is 5.83. The normalized spacial score (nSPS) is 24.5. The van der Waals surface area contributed by atoms with Crippen LogP contribution in [0.2, 0.25) is 0 Å². The van der Waals surface area contributed by atoms with Gasteiger partial charge in [0.25, 0.3) is 0 Å². The van der Waals surface area contributed by atoms with Crippen LogP contribution in [0.5, 0.6) is 0 Å². The van der Waals surface area contributed by atoms with Gasteiger partial charge in [0.05, 0.1) is 11.7 Å². The third-order valence-corrected chi connectivity index (χ3v) is 8.08. The number of amides is 2. The van der Waals surface area contributed by atoms with E-state index < -0.39 is 12.0 Å². The zero-order chi connectivity index (χ0) is 26.2. The molecule has 1 aliphatic heterocycles. The number of ether oxygens (including phenoxy) is 1. The lowest BCUT2D eigenvalue weighted by Gasteiger charge is -2.38. The number of cyclic esters (lactones) is 1. The summed E-state index contributed by atoms with van der Waals surface area (Å²) >= 11 is 0. The smallest absolute Gasteiger partial charge is 0.416 e. The number of aromatic nitrogens is 1. The van der Waals surface area contributed by atoms with Crippen LogP contribution in [-0.2, 0) is 22.4 Å². The van der Waals surface area contributed by atoms with Crippen LogP contribution in [0.25, 0.3) is 0 Å². The van der Waals surface area contributed by atoms with Crippen molar-refractivity contribution in [3.05, 3.63) is 65.6 Å². The lowest BCUT2D eigenvalue weighted by Crippen LogP contribution is -2.44. The van der Waals surface area contributed by atoms with Gasteiger partial charge in [0.2, 0.25) is 5.91 Å². The van der Waals surface area contributed by atoms with Crippen molar-refractivity contribution in [3.63, 3.8) is 0 Å². The van der Waals surface area contributed by atoms with E-state index >= 15 is 0 Å². The van der Waals surface area contributed by atoms with Crippen molar-refractivity contribution < 1.29 is 18.8 Å². The number of allylic oxidation sites excluding steroid dienone is 1. The Balaban J connectivity index is 1.31. The predicted molar refractivity (Wildman–Crippen MR) is 142 cm³/mol. The molecule has 1 unspecified atom stereocenters. The summed E-state index contributed by atoms with van der Waals surface area (Å²) in [5.74, 6) is 2.08. The van der Waals surface area contributed by atoms with Crippen molar-refractivity contribution in [2.75, 3.05) is 6.61 Å². The molecule has 2 aliphatic carbocycles. The maximum absolute atomic E-state index is 13.8. The van der Waals surface area contributed by atoms with Crippen LogP contribution < -0.4 is 0 Å². The molecule has 3 fully saturated rings. The molecule has 2 atom stereocenters. The number of nitrogens with zero attached hydrogens (tertiary/aromatic N) is 2. The maximum Gasteiger partial charge on any atom is 0.416 e. The number of carbonyl (C=O) groups excluding carboxylic acids is 2. The average molecular weight is 505 g/mol. The molecule has 198 valence electrons. The van der Waals surface area contributed by atoms with E-state index in [1.54, 1.807) is 6.08 Å². The topological polar surface area (TPSA) is 72.6 Å². The van der Waals surface area contributed by atoms with Crippen LogP contribution in [0.15, 0.2) is 47.5 Å². The Labute approximate surface area is 220 Å². The first-order valence-corrected chi connectivity index (χ1v) is 13.9. The molecule has 0 radical (unpaired) electrons. The zero-order valence-corrected chi connectivity index (χ0v) is 22.4. The fraction of sp³-hybridized carbons (Fsp3) is 0.581. The van der Waals surface area contributed by atoms with Crippen molar-refractivity contribution >= 4 is 12.0 Å². The van der Waals surface area contributed by atoms with Gasteiger partial charge in [0.15, 0.2) is 0 Å². The van der Waals surface area contributed by atoms with Crippen LogP contribution >= 0.6 is 0 Å². The molecule has 1 aromatic heterocycles. The molecule has 1 saturated heterocycles. The van der Waals surface area contributed by atoms with E-state index in [1.165, 1.54) is 16.9 Å². The molecule has 0 spiro atoms. The van der Waals surface area contributed by atoms with Crippen LogP contribution in [-0.4, -0.2) is 34.7 Å². The predicted octanol–water partition coefficient (Wildman–Crippen LogP) is 6.81. The molecule has 3 aliphatic rings. The van der Waals surface area contributed by atoms with Gasteiger partial charge in [0.1, 0.15) is 12.4 Å². The van der Waals surface area contributed by atoms with Gasteiger partial charge < -0.3 is 9.26 Å². The molecule has 2 heterocycles. The maximum atomic E-state index is 13.8. The Hall–Kier alpha value is -2.89. The number of hydrogen-bond donors (Lipinski definition) is 0. The fourth-order valence-electron chi connectivity index (χ4n) is 6.25. The minimum atomic E-state index is -0.553. The Kier molecular flexibility index (Phi) is 7.28. The zero-order valence-electron chi connectivity index (χ0n) is 22.4. The number of rotatable bonds is 10. The Morgan fingerprint density at radius 1 is 1.19 bits per heavy atom. The van der Waals surface area contributed by atoms with Crippen LogP contribution in [0, 0.1) is 17.3 Å². The van der Waals surface area contributed by atoms with Gasteiger partial charge in [-0.05, 0) is 67.8 Å². The molecule has 2 saturated carbocycles. The van der Waals surface area contributed by atoms with Crippen molar-refractivity contribution in [2.24, 2.45) is 17.3 Å². The molecule has 0 bridgehead atoms. The highest BCUT2D eigenvalue weighted by Gasteiger charge is 2.44. The van der Waals surface area contributed by atoms with Crippen molar-refractivity contribution in [1.29, 1.82) is 0 Å². The Morgan fingerprint density at radius 3 is 2.57 bits per heavy atom. The molecule has 1 aromatic carbocycles. The van der Waals surface area contributed by atoms with Gasteiger partial charge in [-0.3, -0.25) is 4.79 Å².